The van der Waals surface area contributed by atoms with Crippen LogP contribution >= 0.6 is 0 Å². The zero-order valence-corrected chi connectivity index (χ0v) is 11.0. The highest BCUT2D eigenvalue weighted by atomic mass is 16.5. The van der Waals surface area contributed by atoms with Gasteiger partial charge in [0.15, 0.2) is 6.61 Å². The molecule has 0 unspecified atom stereocenters. The van der Waals surface area contributed by atoms with Crippen molar-refractivity contribution in [3.63, 3.8) is 0 Å². The van der Waals surface area contributed by atoms with Crippen LogP contribution in [0, 0.1) is 0 Å². The molecule has 0 atom stereocenters. The number of benzene rings is 2. The van der Waals surface area contributed by atoms with E-state index < -0.39 is 0 Å². The van der Waals surface area contributed by atoms with Crippen LogP contribution in [0.4, 0.5) is 5.69 Å². The lowest BCUT2D eigenvalue weighted by atomic mass is 10.3. The van der Waals surface area contributed by atoms with E-state index in [1.807, 2.05) is 67.6 Å². The molecule has 2 aromatic carbocycles. The van der Waals surface area contributed by atoms with E-state index in [9.17, 15) is 4.79 Å². The van der Waals surface area contributed by atoms with Crippen LogP contribution in [-0.2, 0) is 4.79 Å². The van der Waals surface area contributed by atoms with Crippen molar-refractivity contribution in [3.8, 4) is 5.75 Å². The predicted molar refractivity (Wildman–Crippen MR) is 76.4 cm³/mol. The average Bonchev–Trinajstić information content (AvgIpc) is 2.48. The second-order valence-electron chi connectivity index (χ2n) is 4.08. The monoisotopic (exact) mass is 255 g/mol. The number of carbonyl (C=O) groups is 1. The van der Waals surface area contributed by atoms with Crippen LogP contribution < -0.4 is 9.64 Å². The number of likely N-dealkylation sites (N-methyl/N-ethyl adjacent to an activating group) is 1. The third-order valence-corrected chi connectivity index (χ3v) is 2.79. The molecule has 1 amide bonds. The molecule has 0 radical (unpaired) electrons. The molecule has 0 aliphatic carbocycles. The molecule has 0 saturated heterocycles. The summed E-state index contributed by atoms with van der Waals surface area (Å²) in [5.74, 6) is 0.664. The summed E-state index contributed by atoms with van der Waals surface area (Å²) in [6, 6.07) is 19.0. The van der Waals surface area contributed by atoms with E-state index in [0.717, 1.165) is 5.69 Å². The van der Waals surface area contributed by atoms with Gasteiger partial charge in [0.25, 0.3) is 5.91 Å². The lowest BCUT2D eigenvalue weighted by Crippen LogP contribution is -2.34. The summed E-state index contributed by atoms with van der Waals surface area (Å²) in [6.45, 7) is 2.63. The Labute approximate surface area is 113 Å². The molecule has 0 spiro atoms. The molecule has 0 aliphatic heterocycles. The van der Waals surface area contributed by atoms with Crippen LogP contribution in [-0.4, -0.2) is 19.1 Å². The first-order valence-corrected chi connectivity index (χ1v) is 6.34. The maximum Gasteiger partial charge on any atom is 0.264 e. The van der Waals surface area contributed by atoms with Crippen molar-refractivity contribution in [1.29, 1.82) is 0 Å². The fourth-order valence-electron chi connectivity index (χ4n) is 1.85. The Hall–Kier alpha value is -2.29. The lowest BCUT2D eigenvalue weighted by molar-refractivity contribution is -0.120. The van der Waals surface area contributed by atoms with Gasteiger partial charge in [0, 0.05) is 12.2 Å². The normalized spacial score (nSPS) is 9.95. The highest BCUT2D eigenvalue weighted by Crippen LogP contribution is 2.14. The number of para-hydroxylation sites is 2. The van der Waals surface area contributed by atoms with Crippen molar-refractivity contribution in [1.82, 2.24) is 0 Å². The molecule has 2 rings (SSSR count). The fourth-order valence-corrected chi connectivity index (χ4v) is 1.85. The van der Waals surface area contributed by atoms with Gasteiger partial charge in [-0.25, -0.2) is 0 Å². The molecule has 0 saturated carbocycles. The minimum atomic E-state index is -0.0439. The highest BCUT2D eigenvalue weighted by Gasteiger charge is 2.13. The minimum absolute atomic E-state index is 0.0439. The number of carbonyl (C=O) groups excluding carboxylic acids is 1. The molecule has 2 aromatic rings. The first kappa shape index (κ1) is 13.1. The van der Waals surface area contributed by atoms with Crippen LogP contribution in [0.3, 0.4) is 0 Å². The van der Waals surface area contributed by atoms with Gasteiger partial charge in [-0.2, -0.15) is 0 Å². The number of hydrogen-bond acceptors (Lipinski definition) is 2. The number of nitrogens with zero attached hydrogens (tertiary/aromatic N) is 1. The first-order valence-electron chi connectivity index (χ1n) is 6.34. The number of ether oxygens (including phenoxy) is 1. The highest BCUT2D eigenvalue weighted by molar-refractivity contribution is 5.94. The molecule has 3 nitrogen and oxygen atoms in total. The van der Waals surface area contributed by atoms with Gasteiger partial charge in [0.2, 0.25) is 0 Å². The van der Waals surface area contributed by atoms with Gasteiger partial charge in [-0.3, -0.25) is 4.79 Å². The van der Waals surface area contributed by atoms with E-state index in [-0.39, 0.29) is 12.5 Å². The number of amides is 1. The molecule has 0 bridgehead atoms. The molecule has 0 N–H and O–H groups in total. The van der Waals surface area contributed by atoms with Crippen molar-refractivity contribution in [2.45, 2.75) is 6.92 Å². The summed E-state index contributed by atoms with van der Waals surface area (Å²) in [7, 11) is 0. The summed E-state index contributed by atoms with van der Waals surface area (Å²) in [5, 5.41) is 0. The standard InChI is InChI=1S/C16H17NO2/c1-2-17(14-9-5-3-6-10-14)16(18)13-19-15-11-7-4-8-12-15/h3-12H,2,13H2,1H3. The first-order chi connectivity index (χ1) is 9.31. The van der Waals surface area contributed by atoms with Gasteiger partial charge in [-0.05, 0) is 31.2 Å². The molecular formula is C16H17NO2. The van der Waals surface area contributed by atoms with Gasteiger partial charge < -0.3 is 9.64 Å². The van der Waals surface area contributed by atoms with E-state index in [1.54, 1.807) is 4.90 Å². The van der Waals surface area contributed by atoms with Crippen molar-refractivity contribution >= 4 is 11.6 Å². The van der Waals surface area contributed by atoms with E-state index in [0.29, 0.717) is 12.3 Å². The zero-order valence-electron chi connectivity index (χ0n) is 11.0. The third-order valence-electron chi connectivity index (χ3n) is 2.79. The van der Waals surface area contributed by atoms with Crippen molar-refractivity contribution in [2.24, 2.45) is 0 Å². The van der Waals surface area contributed by atoms with Gasteiger partial charge in [0.05, 0.1) is 0 Å². The van der Waals surface area contributed by atoms with Crippen molar-refractivity contribution in [3.05, 3.63) is 60.7 Å². The van der Waals surface area contributed by atoms with Crippen molar-refractivity contribution in [2.75, 3.05) is 18.1 Å². The Morgan fingerprint density at radius 2 is 1.58 bits per heavy atom. The number of rotatable bonds is 5. The smallest absolute Gasteiger partial charge is 0.264 e. The molecular weight excluding hydrogens is 238 g/mol. The molecule has 19 heavy (non-hydrogen) atoms. The third kappa shape index (κ3) is 3.58. The van der Waals surface area contributed by atoms with Crippen LogP contribution in [0.2, 0.25) is 0 Å². The second kappa shape index (κ2) is 6.59. The van der Waals surface area contributed by atoms with Crippen LogP contribution in [0.1, 0.15) is 6.92 Å². The Balaban J connectivity index is 1.98. The maximum atomic E-state index is 12.1. The Morgan fingerprint density at radius 3 is 2.16 bits per heavy atom. The summed E-state index contributed by atoms with van der Waals surface area (Å²) < 4.78 is 5.48. The second-order valence-corrected chi connectivity index (χ2v) is 4.08. The average molecular weight is 255 g/mol. The topological polar surface area (TPSA) is 29.5 Å². The van der Waals surface area contributed by atoms with Gasteiger partial charge in [-0.1, -0.05) is 36.4 Å². The lowest BCUT2D eigenvalue weighted by Gasteiger charge is -2.21. The van der Waals surface area contributed by atoms with E-state index >= 15 is 0 Å². The van der Waals surface area contributed by atoms with Gasteiger partial charge >= 0.3 is 0 Å². The van der Waals surface area contributed by atoms with Crippen LogP contribution in [0.15, 0.2) is 60.7 Å². The van der Waals surface area contributed by atoms with Gasteiger partial charge in [0.1, 0.15) is 5.75 Å². The molecule has 3 heteroatoms. The van der Waals surface area contributed by atoms with Crippen LogP contribution in [0.25, 0.3) is 0 Å². The number of anilines is 1. The summed E-state index contributed by atoms with van der Waals surface area (Å²) in [4.78, 5) is 13.9. The molecule has 98 valence electrons. The maximum absolute atomic E-state index is 12.1. The number of hydrogen-bond donors (Lipinski definition) is 0. The summed E-state index contributed by atoms with van der Waals surface area (Å²) in [6.07, 6.45) is 0. The van der Waals surface area contributed by atoms with E-state index in [2.05, 4.69) is 0 Å². The largest absolute Gasteiger partial charge is 0.484 e. The Kier molecular flexibility index (Phi) is 4.56. The zero-order chi connectivity index (χ0) is 13.5. The van der Waals surface area contributed by atoms with E-state index in [4.69, 9.17) is 4.74 Å². The fraction of sp³-hybridized carbons (Fsp3) is 0.188. The molecule has 0 aliphatic rings. The minimum Gasteiger partial charge on any atom is -0.484 e. The predicted octanol–water partition coefficient (Wildman–Crippen LogP) is 3.12. The van der Waals surface area contributed by atoms with Crippen molar-refractivity contribution < 1.29 is 9.53 Å². The Bertz CT molecular complexity index is 511. The molecule has 0 fully saturated rings. The van der Waals surface area contributed by atoms with Gasteiger partial charge in [-0.15, -0.1) is 0 Å². The molecule has 0 aromatic heterocycles. The van der Waals surface area contributed by atoms with Crippen LogP contribution in [0.5, 0.6) is 5.75 Å². The summed E-state index contributed by atoms with van der Waals surface area (Å²) in [5.41, 5.74) is 0.895. The summed E-state index contributed by atoms with van der Waals surface area (Å²) >= 11 is 0. The SMILES string of the molecule is CCN(C(=O)COc1ccccc1)c1ccccc1. The van der Waals surface area contributed by atoms with E-state index in [1.165, 1.54) is 0 Å². The quantitative estimate of drug-likeness (QED) is 0.821. The molecule has 0 heterocycles. The Morgan fingerprint density at radius 1 is 1.00 bits per heavy atom.